The van der Waals surface area contributed by atoms with E-state index < -0.39 is 44.7 Å². The van der Waals surface area contributed by atoms with Crippen LogP contribution in [0.2, 0.25) is 0 Å². The summed E-state index contributed by atoms with van der Waals surface area (Å²) in [4.78, 5) is 21.1. The Hall–Kier alpha value is -3.73. The SMILES string of the molecule is CCS(=O)(=O)Nc1nc(-c2ccc(F)cc2C)c2ccc(=O)n(-c3c(F)cccc3F)c2n1. The van der Waals surface area contributed by atoms with Crippen LogP contribution in [0.4, 0.5) is 19.1 Å². The number of anilines is 1. The molecule has 4 aromatic rings. The van der Waals surface area contributed by atoms with Crippen molar-refractivity contribution < 1.29 is 21.6 Å². The molecule has 2 aromatic heterocycles. The van der Waals surface area contributed by atoms with Gasteiger partial charge in [-0.2, -0.15) is 4.98 Å². The fourth-order valence-electron chi connectivity index (χ4n) is 3.39. The Labute approximate surface area is 186 Å². The number of fused-ring (bicyclic) bond motifs is 1. The number of nitrogens with one attached hydrogen (secondary N) is 1. The van der Waals surface area contributed by atoms with Gasteiger partial charge in [-0.3, -0.25) is 14.1 Å². The molecule has 0 fully saturated rings. The third kappa shape index (κ3) is 4.19. The summed E-state index contributed by atoms with van der Waals surface area (Å²) in [5.74, 6) is -3.22. The minimum absolute atomic E-state index is 0.150. The van der Waals surface area contributed by atoms with Crippen molar-refractivity contribution in [3.05, 3.63) is 81.9 Å². The number of aromatic nitrogens is 3. The van der Waals surface area contributed by atoms with Crippen molar-refractivity contribution in [1.29, 1.82) is 0 Å². The van der Waals surface area contributed by atoms with Crippen molar-refractivity contribution in [2.24, 2.45) is 0 Å². The molecular formula is C22H17F3N4O3S. The van der Waals surface area contributed by atoms with E-state index in [2.05, 4.69) is 14.7 Å². The molecule has 0 unspecified atom stereocenters. The predicted octanol–water partition coefficient (Wildman–Crippen LogP) is 3.94. The first-order valence-electron chi connectivity index (χ1n) is 9.76. The second kappa shape index (κ2) is 8.32. The zero-order valence-corrected chi connectivity index (χ0v) is 18.3. The lowest BCUT2D eigenvalue weighted by atomic mass is 10.0. The van der Waals surface area contributed by atoms with E-state index in [-0.39, 0.29) is 22.5 Å². The lowest BCUT2D eigenvalue weighted by Crippen LogP contribution is -2.22. The number of aryl methyl sites for hydroxylation is 1. The van der Waals surface area contributed by atoms with Gasteiger partial charge in [0, 0.05) is 17.0 Å². The molecular weight excluding hydrogens is 457 g/mol. The molecule has 7 nitrogen and oxygen atoms in total. The first kappa shape index (κ1) is 22.5. The van der Waals surface area contributed by atoms with E-state index in [1.807, 2.05) is 0 Å². The molecule has 170 valence electrons. The van der Waals surface area contributed by atoms with Crippen molar-refractivity contribution in [2.45, 2.75) is 13.8 Å². The number of pyridine rings is 1. The van der Waals surface area contributed by atoms with Crippen LogP contribution in [0.3, 0.4) is 0 Å². The Morgan fingerprint density at radius 1 is 1.00 bits per heavy atom. The van der Waals surface area contributed by atoms with Crippen LogP contribution in [0, 0.1) is 24.4 Å². The summed E-state index contributed by atoms with van der Waals surface area (Å²) in [7, 11) is -3.83. The quantitative estimate of drug-likeness (QED) is 0.473. The van der Waals surface area contributed by atoms with E-state index in [0.717, 1.165) is 24.3 Å². The summed E-state index contributed by atoms with van der Waals surface area (Å²) >= 11 is 0. The smallest absolute Gasteiger partial charge is 0.256 e. The predicted molar refractivity (Wildman–Crippen MR) is 118 cm³/mol. The third-order valence-electron chi connectivity index (χ3n) is 4.98. The Morgan fingerprint density at radius 2 is 1.70 bits per heavy atom. The number of hydrogen-bond donors (Lipinski definition) is 1. The topological polar surface area (TPSA) is 94.0 Å². The molecule has 0 radical (unpaired) electrons. The van der Waals surface area contributed by atoms with E-state index in [1.54, 1.807) is 6.92 Å². The molecule has 4 rings (SSSR count). The molecule has 0 saturated carbocycles. The fraction of sp³-hybridized carbons (Fsp3) is 0.136. The van der Waals surface area contributed by atoms with Crippen LogP contribution < -0.4 is 10.3 Å². The molecule has 33 heavy (non-hydrogen) atoms. The number of rotatable bonds is 5. The highest BCUT2D eigenvalue weighted by atomic mass is 32.2. The van der Waals surface area contributed by atoms with Gasteiger partial charge >= 0.3 is 0 Å². The van der Waals surface area contributed by atoms with Crippen LogP contribution in [-0.2, 0) is 10.0 Å². The molecule has 0 aliphatic carbocycles. The molecule has 11 heteroatoms. The minimum Gasteiger partial charge on any atom is -0.269 e. The van der Waals surface area contributed by atoms with Crippen LogP contribution >= 0.6 is 0 Å². The number of halogens is 3. The van der Waals surface area contributed by atoms with Gasteiger partial charge in [0.25, 0.3) is 5.56 Å². The van der Waals surface area contributed by atoms with Gasteiger partial charge < -0.3 is 0 Å². The lowest BCUT2D eigenvalue weighted by molar-refractivity contribution is 0.568. The maximum atomic E-state index is 14.6. The van der Waals surface area contributed by atoms with Gasteiger partial charge in [0.2, 0.25) is 16.0 Å². The Morgan fingerprint density at radius 3 is 2.33 bits per heavy atom. The van der Waals surface area contributed by atoms with E-state index in [4.69, 9.17) is 0 Å². The van der Waals surface area contributed by atoms with Gasteiger partial charge in [0.15, 0.2) is 5.65 Å². The minimum atomic E-state index is -3.83. The van der Waals surface area contributed by atoms with Crippen molar-refractivity contribution in [3.63, 3.8) is 0 Å². The average Bonchev–Trinajstić information content (AvgIpc) is 2.74. The average molecular weight is 474 g/mol. The molecule has 0 bridgehead atoms. The molecule has 0 atom stereocenters. The molecule has 0 aliphatic rings. The normalized spacial score (nSPS) is 11.7. The van der Waals surface area contributed by atoms with Crippen LogP contribution in [0.5, 0.6) is 0 Å². The Kier molecular flexibility index (Phi) is 5.66. The van der Waals surface area contributed by atoms with Gasteiger partial charge in [0.1, 0.15) is 23.1 Å². The van der Waals surface area contributed by atoms with Gasteiger partial charge in [-0.25, -0.2) is 26.6 Å². The van der Waals surface area contributed by atoms with Crippen molar-refractivity contribution in [1.82, 2.24) is 14.5 Å². The van der Waals surface area contributed by atoms with Crippen LogP contribution in [0.25, 0.3) is 28.0 Å². The van der Waals surface area contributed by atoms with Crippen LogP contribution in [0.1, 0.15) is 12.5 Å². The van der Waals surface area contributed by atoms with Gasteiger partial charge in [-0.1, -0.05) is 6.07 Å². The molecule has 0 aliphatic heterocycles. The largest absolute Gasteiger partial charge is 0.269 e. The first-order valence-corrected chi connectivity index (χ1v) is 11.4. The highest BCUT2D eigenvalue weighted by Crippen LogP contribution is 2.31. The van der Waals surface area contributed by atoms with E-state index in [0.29, 0.717) is 15.7 Å². The number of sulfonamides is 1. The molecule has 2 aromatic carbocycles. The maximum absolute atomic E-state index is 14.6. The maximum Gasteiger partial charge on any atom is 0.256 e. The lowest BCUT2D eigenvalue weighted by Gasteiger charge is -2.16. The second-order valence-corrected chi connectivity index (χ2v) is 9.19. The highest BCUT2D eigenvalue weighted by molar-refractivity contribution is 7.92. The zero-order valence-electron chi connectivity index (χ0n) is 17.4. The van der Waals surface area contributed by atoms with Gasteiger partial charge in [0.05, 0.1) is 11.4 Å². The molecule has 0 spiro atoms. The first-order chi connectivity index (χ1) is 15.6. The summed E-state index contributed by atoms with van der Waals surface area (Å²) in [6, 6.07) is 9.45. The van der Waals surface area contributed by atoms with Gasteiger partial charge in [-0.15, -0.1) is 0 Å². The second-order valence-electron chi connectivity index (χ2n) is 7.18. The van der Waals surface area contributed by atoms with Crippen LogP contribution in [-0.4, -0.2) is 28.7 Å². The summed E-state index contributed by atoms with van der Waals surface area (Å²) < 4.78 is 70.2. The fourth-order valence-corrected chi connectivity index (χ4v) is 3.90. The van der Waals surface area contributed by atoms with Crippen molar-refractivity contribution in [3.8, 4) is 16.9 Å². The Bertz CT molecular complexity index is 1550. The zero-order chi connectivity index (χ0) is 23.9. The number of hydrogen-bond acceptors (Lipinski definition) is 5. The van der Waals surface area contributed by atoms with Crippen molar-refractivity contribution in [2.75, 3.05) is 10.5 Å². The summed E-state index contributed by atoms with van der Waals surface area (Å²) in [6.45, 7) is 3.02. The molecule has 1 N–H and O–H groups in total. The van der Waals surface area contributed by atoms with Crippen LogP contribution in [0.15, 0.2) is 53.3 Å². The number of nitrogens with zero attached hydrogens (tertiary/aromatic N) is 3. The van der Waals surface area contributed by atoms with E-state index >= 15 is 0 Å². The molecule has 2 heterocycles. The summed E-state index contributed by atoms with van der Waals surface area (Å²) in [6.07, 6.45) is 0. The van der Waals surface area contributed by atoms with E-state index in [9.17, 15) is 26.4 Å². The van der Waals surface area contributed by atoms with Crippen molar-refractivity contribution >= 4 is 27.0 Å². The summed E-state index contributed by atoms with van der Waals surface area (Å²) in [5.41, 5.74) is -0.658. The monoisotopic (exact) mass is 474 g/mol. The molecule has 0 saturated heterocycles. The number of benzene rings is 2. The summed E-state index contributed by atoms with van der Waals surface area (Å²) in [5, 5.41) is 0.200. The molecule has 0 amide bonds. The van der Waals surface area contributed by atoms with Gasteiger partial charge in [-0.05, 0) is 55.8 Å². The van der Waals surface area contributed by atoms with E-state index in [1.165, 1.54) is 31.2 Å². The number of para-hydroxylation sites is 1. The Balaban J connectivity index is 2.15. The standard InChI is InChI=1S/C22H17F3N4O3S/c1-3-33(31,32)28-22-26-19(14-8-7-13(23)11-12(14)2)15-9-10-18(30)29(21(15)27-22)20-16(24)5-4-6-17(20)25/h4-11H,3H2,1-2H3,(H,26,27,28). The third-order valence-corrected chi connectivity index (χ3v) is 6.24. The highest BCUT2D eigenvalue weighted by Gasteiger charge is 2.21.